The number of aromatic amines is 1. The average Bonchev–Trinajstić information content (AvgIpc) is 3.05. The molecular weight excluding hydrogens is 286 g/mol. The Hall–Kier alpha value is -2.62. The Bertz CT molecular complexity index is 935. The molecule has 2 heterocycles. The maximum Gasteiger partial charge on any atom is 0.196 e. The first-order chi connectivity index (χ1) is 11.3. The van der Waals surface area contributed by atoms with Crippen LogP contribution in [0.25, 0.3) is 22.2 Å². The van der Waals surface area contributed by atoms with Gasteiger partial charge in [-0.3, -0.25) is 9.89 Å². The van der Waals surface area contributed by atoms with E-state index in [0.717, 1.165) is 52.1 Å². The van der Waals surface area contributed by atoms with Crippen molar-refractivity contribution >= 4 is 22.4 Å². The first kappa shape index (κ1) is 12.9. The second kappa shape index (κ2) is 4.69. The second-order valence-electron chi connectivity index (χ2n) is 6.38. The van der Waals surface area contributed by atoms with Crippen LogP contribution in [-0.4, -0.2) is 29.1 Å². The number of ketones is 1. The third-order valence-electron chi connectivity index (χ3n) is 5.06. The van der Waals surface area contributed by atoms with Gasteiger partial charge in [0.2, 0.25) is 0 Å². The van der Waals surface area contributed by atoms with Gasteiger partial charge in [-0.2, -0.15) is 5.10 Å². The average molecular weight is 303 g/mol. The quantitative estimate of drug-likeness (QED) is 0.582. The number of rotatable bonds is 1. The molecule has 3 aromatic rings. The Morgan fingerprint density at radius 1 is 0.957 bits per heavy atom. The van der Waals surface area contributed by atoms with E-state index in [2.05, 4.69) is 21.2 Å². The van der Waals surface area contributed by atoms with Gasteiger partial charge in [0.15, 0.2) is 5.78 Å². The maximum atomic E-state index is 13.2. The van der Waals surface area contributed by atoms with Gasteiger partial charge in [-0.25, -0.2) is 0 Å². The number of carbonyl (C=O) groups is 1. The molecule has 1 aromatic heterocycles. The Kier molecular flexibility index (Phi) is 2.62. The van der Waals surface area contributed by atoms with Crippen LogP contribution in [0.4, 0.5) is 5.69 Å². The Labute approximate surface area is 134 Å². The third-order valence-corrected chi connectivity index (χ3v) is 5.06. The van der Waals surface area contributed by atoms with Crippen molar-refractivity contribution in [3.63, 3.8) is 0 Å². The van der Waals surface area contributed by atoms with Crippen molar-refractivity contribution in [1.29, 1.82) is 0 Å². The molecule has 1 fully saturated rings. The summed E-state index contributed by atoms with van der Waals surface area (Å²) in [6.07, 6.45) is 3.67. The predicted octanol–water partition coefficient (Wildman–Crippen LogP) is 3.76. The van der Waals surface area contributed by atoms with Gasteiger partial charge in [0.05, 0.1) is 11.1 Å². The van der Waals surface area contributed by atoms with Gasteiger partial charge in [-0.15, -0.1) is 0 Å². The summed E-state index contributed by atoms with van der Waals surface area (Å²) in [6, 6.07) is 12.0. The topological polar surface area (TPSA) is 49.0 Å². The fourth-order valence-corrected chi connectivity index (χ4v) is 3.97. The molecule has 0 bridgehead atoms. The molecule has 0 amide bonds. The van der Waals surface area contributed by atoms with Crippen LogP contribution in [0, 0.1) is 0 Å². The molecule has 1 aliphatic heterocycles. The van der Waals surface area contributed by atoms with Gasteiger partial charge in [0, 0.05) is 35.3 Å². The fraction of sp³-hybridized carbons (Fsp3) is 0.263. The van der Waals surface area contributed by atoms with Gasteiger partial charge < -0.3 is 4.90 Å². The van der Waals surface area contributed by atoms with Gasteiger partial charge >= 0.3 is 0 Å². The minimum atomic E-state index is 0.126. The van der Waals surface area contributed by atoms with E-state index in [4.69, 9.17) is 0 Å². The number of carbonyl (C=O) groups excluding carboxylic acids is 1. The molecule has 23 heavy (non-hydrogen) atoms. The summed E-state index contributed by atoms with van der Waals surface area (Å²) in [6.45, 7) is 2.06. The van der Waals surface area contributed by atoms with Crippen LogP contribution in [-0.2, 0) is 0 Å². The molecule has 2 aliphatic rings. The monoisotopic (exact) mass is 303 g/mol. The second-order valence-corrected chi connectivity index (χ2v) is 6.38. The predicted molar refractivity (Wildman–Crippen MR) is 91.0 cm³/mol. The fourth-order valence-electron chi connectivity index (χ4n) is 3.97. The first-order valence-electron chi connectivity index (χ1n) is 8.25. The highest BCUT2D eigenvalue weighted by atomic mass is 16.1. The molecule has 4 heteroatoms. The SMILES string of the molecule is O=C1c2c(cccc2N2CCCCC2)-c2n[nH]c3cccc1c23. The molecule has 0 spiro atoms. The van der Waals surface area contributed by atoms with Gasteiger partial charge in [-0.05, 0) is 31.4 Å². The molecule has 0 radical (unpaired) electrons. The van der Waals surface area contributed by atoms with Crippen LogP contribution in [0.1, 0.15) is 35.2 Å². The van der Waals surface area contributed by atoms with Crippen LogP contribution < -0.4 is 4.90 Å². The van der Waals surface area contributed by atoms with Gasteiger partial charge in [0.25, 0.3) is 0 Å². The summed E-state index contributed by atoms with van der Waals surface area (Å²) in [5.74, 6) is 0.126. The smallest absolute Gasteiger partial charge is 0.196 e. The van der Waals surface area contributed by atoms with Crippen LogP contribution in [0.15, 0.2) is 36.4 Å². The van der Waals surface area contributed by atoms with Crippen LogP contribution in [0.2, 0.25) is 0 Å². The molecule has 2 aromatic carbocycles. The van der Waals surface area contributed by atoms with Crippen molar-refractivity contribution in [1.82, 2.24) is 10.2 Å². The lowest BCUT2D eigenvalue weighted by atomic mass is 9.86. The summed E-state index contributed by atoms with van der Waals surface area (Å²) in [4.78, 5) is 15.5. The molecule has 1 saturated heterocycles. The third kappa shape index (κ3) is 1.72. The zero-order valence-corrected chi connectivity index (χ0v) is 12.8. The number of aromatic nitrogens is 2. The van der Waals surface area contributed by atoms with Crippen molar-refractivity contribution in [2.75, 3.05) is 18.0 Å². The van der Waals surface area contributed by atoms with Crippen molar-refractivity contribution in [3.05, 3.63) is 47.5 Å². The molecule has 5 rings (SSSR count). The van der Waals surface area contributed by atoms with E-state index >= 15 is 0 Å². The molecule has 0 unspecified atom stereocenters. The lowest BCUT2D eigenvalue weighted by Gasteiger charge is -2.31. The van der Waals surface area contributed by atoms with Gasteiger partial charge in [0.1, 0.15) is 5.69 Å². The number of benzene rings is 2. The number of nitrogens with one attached hydrogen (secondary N) is 1. The number of anilines is 1. The Morgan fingerprint density at radius 2 is 1.74 bits per heavy atom. The summed E-state index contributed by atoms with van der Waals surface area (Å²) in [5, 5.41) is 8.52. The van der Waals surface area contributed by atoms with Crippen LogP contribution in [0.5, 0.6) is 0 Å². The molecule has 1 N–H and O–H groups in total. The Balaban J connectivity index is 1.79. The standard InChI is InChI=1S/C19H17N3O/c23-19-13-7-4-8-14-16(13)18(21-20-14)12-6-5-9-15(17(12)19)22-10-2-1-3-11-22/h4-9H,1-3,10-11H2,(H,20,21). The molecule has 114 valence electrons. The van der Waals surface area contributed by atoms with E-state index in [0.29, 0.717) is 0 Å². The highest BCUT2D eigenvalue weighted by Gasteiger charge is 2.31. The number of hydrogen-bond donors (Lipinski definition) is 1. The minimum Gasteiger partial charge on any atom is -0.371 e. The summed E-state index contributed by atoms with van der Waals surface area (Å²) < 4.78 is 0. The van der Waals surface area contributed by atoms with Crippen LogP contribution in [0.3, 0.4) is 0 Å². The number of piperidine rings is 1. The lowest BCUT2D eigenvalue weighted by molar-refractivity contribution is 0.104. The van der Waals surface area contributed by atoms with Crippen molar-refractivity contribution in [3.8, 4) is 11.3 Å². The molecular formula is C19H17N3O. The summed E-state index contributed by atoms with van der Waals surface area (Å²) in [7, 11) is 0. The van der Waals surface area contributed by atoms with E-state index < -0.39 is 0 Å². The van der Waals surface area contributed by atoms with Gasteiger partial charge in [-0.1, -0.05) is 24.3 Å². The molecule has 4 nitrogen and oxygen atoms in total. The van der Waals surface area contributed by atoms with E-state index in [-0.39, 0.29) is 5.78 Å². The van der Waals surface area contributed by atoms with Crippen LogP contribution >= 0.6 is 0 Å². The largest absolute Gasteiger partial charge is 0.371 e. The van der Waals surface area contributed by atoms with Crippen molar-refractivity contribution in [2.24, 2.45) is 0 Å². The van der Waals surface area contributed by atoms with E-state index in [9.17, 15) is 4.79 Å². The Morgan fingerprint density at radius 3 is 2.61 bits per heavy atom. The molecule has 0 saturated carbocycles. The van der Waals surface area contributed by atoms with E-state index in [1.165, 1.54) is 19.3 Å². The lowest BCUT2D eigenvalue weighted by Crippen LogP contribution is -2.31. The number of nitrogens with zero attached hydrogens (tertiary/aromatic N) is 2. The zero-order valence-electron chi connectivity index (χ0n) is 12.8. The van der Waals surface area contributed by atoms with Crippen molar-refractivity contribution < 1.29 is 4.79 Å². The maximum absolute atomic E-state index is 13.2. The molecule has 1 aliphatic carbocycles. The number of H-pyrrole nitrogens is 1. The van der Waals surface area contributed by atoms with Crippen molar-refractivity contribution in [2.45, 2.75) is 19.3 Å². The summed E-state index contributed by atoms with van der Waals surface area (Å²) in [5.41, 5.74) is 5.45. The highest BCUT2D eigenvalue weighted by molar-refractivity contribution is 6.27. The highest BCUT2D eigenvalue weighted by Crippen LogP contribution is 2.41. The van der Waals surface area contributed by atoms with E-state index in [1.807, 2.05) is 30.3 Å². The first-order valence-corrected chi connectivity index (χ1v) is 8.25. The zero-order chi connectivity index (χ0) is 15.4. The summed E-state index contributed by atoms with van der Waals surface area (Å²) >= 11 is 0. The van der Waals surface area contributed by atoms with E-state index in [1.54, 1.807) is 0 Å². The molecule has 0 atom stereocenters. The normalized spacial score (nSPS) is 16.7. The number of fused-ring (bicyclic) bond motifs is 2. The number of hydrogen-bond acceptors (Lipinski definition) is 3. The minimum absolute atomic E-state index is 0.126.